The van der Waals surface area contributed by atoms with Crippen LogP contribution in [0.4, 0.5) is 0 Å². The van der Waals surface area contributed by atoms with Crippen LogP contribution < -0.4 is 0 Å². The van der Waals surface area contributed by atoms with Crippen molar-refractivity contribution in [1.29, 1.82) is 0 Å². The van der Waals surface area contributed by atoms with E-state index >= 15 is 0 Å². The van der Waals surface area contributed by atoms with Crippen LogP contribution in [-0.2, 0) is 5.75 Å². The smallest absolute Gasteiger partial charge is 0.0184 e. The lowest BCUT2D eigenvalue weighted by Crippen LogP contribution is -1.87. The highest BCUT2D eigenvalue weighted by Gasteiger charge is 1.90. The standard InChI is InChI=1S/C11H16NS/c1-12-8-5-9-13-10-11-6-3-2-4-7-11/h2-4,6-7H,5,8-10H2,1H3/q-1. The largest absolute Gasteiger partial charge is 0.665 e. The summed E-state index contributed by atoms with van der Waals surface area (Å²) in [4.78, 5) is 0. The number of hydrogen-bond donors (Lipinski definition) is 0. The van der Waals surface area contributed by atoms with E-state index in [1.54, 1.807) is 0 Å². The third-order valence-electron chi connectivity index (χ3n) is 1.78. The highest BCUT2D eigenvalue weighted by atomic mass is 32.2. The molecule has 0 fully saturated rings. The van der Waals surface area contributed by atoms with Crippen molar-refractivity contribution in [2.45, 2.75) is 12.2 Å². The predicted molar refractivity (Wildman–Crippen MR) is 61.4 cm³/mol. The van der Waals surface area contributed by atoms with Crippen molar-refractivity contribution in [3.8, 4) is 0 Å². The topological polar surface area (TPSA) is 14.1 Å². The van der Waals surface area contributed by atoms with Gasteiger partial charge in [-0.25, -0.2) is 0 Å². The molecule has 0 aliphatic carbocycles. The lowest BCUT2D eigenvalue weighted by Gasteiger charge is -2.09. The molecule has 0 saturated carbocycles. The quantitative estimate of drug-likeness (QED) is 0.634. The Labute approximate surface area is 84.9 Å². The minimum absolute atomic E-state index is 1.00. The lowest BCUT2D eigenvalue weighted by atomic mass is 10.2. The second kappa shape index (κ2) is 6.98. The molecule has 13 heavy (non-hydrogen) atoms. The highest BCUT2D eigenvalue weighted by molar-refractivity contribution is 7.98. The molecule has 0 heterocycles. The lowest BCUT2D eigenvalue weighted by molar-refractivity contribution is 1.01. The van der Waals surface area contributed by atoms with Crippen LogP contribution in [0.15, 0.2) is 30.3 Å². The first-order chi connectivity index (χ1) is 6.43. The molecule has 1 nitrogen and oxygen atoms in total. The molecule has 0 aliphatic rings. The van der Waals surface area contributed by atoms with E-state index < -0.39 is 0 Å². The zero-order chi connectivity index (χ0) is 9.36. The molecule has 1 rings (SSSR count). The molecule has 1 aromatic rings. The Kier molecular flexibility index (Phi) is 5.70. The molecule has 0 saturated heterocycles. The van der Waals surface area contributed by atoms with Crippen molar-refractivity contribution < 1.29 is 0 Å². The van der Waals surface area contributed by atoms with Crippen LogP contribution in [0.1, 0.15) is 12.0 Å². The summed E-state index contributed by atoms with van der Waals surface area (Å²) in [6.45, 7) is 1.00. The molecule has 72 valence electrons. The molecule has 0 amide bonds. The number of benzene rings is 1. The van der Waals surface area contributed by atoms with Gasteiger partial charge >= 0.3 is 0 Å². The van der Waals surface area contributed by atoms with Gasteiger partial charge in [-0.2, -0.15) is 18.8 Å². The van der Waals surface area contributed by atoms with Crippen LogP contribution in [-0.4, -0.2) is 19.3 Å². The molecular weight excluding hydrogens is 178 g/mol. The number of rotatable bonds is 6. The molecule has 0 spiro atoms. The fourth-order valence-corrected chi connectivity index (χ4v) is 1.99. The van der Waals surface area contributed by atoms with E-state index in [-0.39, 0.29) is 0 Å². The average Bonchev–Trinajstić information content (AvgIpc) is 2.19. The van der Waals surface area contributed by atoms with E-state index in [1.807, 2.05) is 18.8 Å². The number of hydrogen-bond acceptors (Lipinski definition) is 1. The van der Waals surface area contributed by atoms with Gasteiger partial charge in [0.1, 0.15) is 0 Å². The average molecular weight is 194 g/mol. The predicted octanol–water partition coefficient (Wildman–Crippen LogP) is 3.31. The van der Waals surface area contributed by atoms with Gasteiger partial charge in [-0.3, -0.25) is 0 Å². The van der Waals surface area contributed by atoms with Gasteiger partial charge in [-0.15, -0.1) is 6.54 Å². The molecule has 0 atom stereocenters. The van der Waals surface area contributed by atoms with Gasteiger partial charge in [0.15, 0.2) is 0 Å². The van der Waals surface area contributed by atoms with Gasteiger partial charge in [0.05, 0.1) is 0 Å². The van der Waals surface area contributed by atoms with Gasteiger partial charge in [-0.05, 0) is 11.3 Å². The van der Waals surface area contributed by atoms with Crippen LogP contribution in [0.3, 0.4) is 0 Å². The normalized spacial score (nSPS) is 10.2. The van der Waals surface area contributed by atoms with Crippen LogP contribution in [0, 0.1) is 0 Å². The zero-order valence-corrected chi connectivity index (χ0v) is 8.89. The molecule has 0 aromatic heterocycles. The van der Waals surface area contributed by atoms with Crippen molar-refractivity contribution in [2.75, 3.05) is 19.3 Å². The Morgan fingerprint density at radius 3 is 2.69 bits per heavy atom. The summed E-state index contributed by atoms with van der Waals surface area (Å²) >= 11 is 1.99. The van der Waals surface area contributed by atoms with Crippen LogP contribution in [0.25, 0.3) is 5.32 Å². The number of nitrogens with zero attached hydrogens (tertiary/aromatic N) is 1. The Bertz CT molecular complexity index is 211. The van der Waals surface area contributed by atoms with E-state index in [0.717, 1.165) is 12.3 Å². The van der Waals surface area contributed by atoms with Gasteiger partial charge in [0, 0.05) is 5.75 Å². The second-order valence-corrected chi connectivity index (χ2v) is 4.04. The molecule has 2 heteroatoms. The summed E-state index contributed by atoms with van der Waals surface area (Å²) in [5.74, 6) is 2.34. The van der Waals surface area contributed by atoms with Crippen molar-refractivity contribution in [1.82, 2.24) is 0 Å². The fourth-order valence-electron chi connectivity index (χ4n) is 1.09. The summed E-state index contributed by atoms with van der Waals surface area (Å²) < 4.78 is 0. The Hall–Kier alpha value is -0.470. The first-order valence-electron chi connectivity index (χ1n) is 4.61. The molecule has 0 bridgehead atoms. The summed E-state index contributed by atoms with van der Waals surface area (Å²) in [6.07, 6.45) is 1.20. The van der Waals surface area contributed by atoms with E-state index in [9.17, 15) is 0 Å². The minimum Gasteiger partial charge on any atom is -0.665 e. The summed E-state index contributed by atoms with van der Waals surface area (Å²) in [5, 5.41) is 4.07. The van der Waals surface area contributed by atoms with Crippen molar-refractivity contribution >= 4 is 11.8 Å². The van der Waals surface area contributed by atoms with Crippen LogP contribution in [0.5, 0.6) is 0 Å². The first-order valence-corrected chi connectivity index (χ1v) is 5.76. The summed E-state index contributed by atoms with van der Waals surface area (Å²) in [5.41, 5.74) is 1.42. The maximum absolute atomic E-state index is 4.07. The molecule has 0 aliphatic heterocycles. The molecular formula is C11H16NS-. The van der Waals surface area contributed by atoms with Crippen LogP contribution in [0.2, 0.25) is 0 Å². The van der Waals surface area contributed by atoms with E-state index in [0.29, 0.717) is 0 Å². The Morgan fingerprint density at radius 1 is 1.23 bits per heavy atom. The minimum atomic E-state index is 1.00. The summed E-state index contributed by atoms with van der Waals surface area (Å²) in [6, 6.07) is 10.6. The molecule has 0 radical (unpaired) electrons. The maximum atomic E-state index is 4.07. The zero-order valence-electron chi connectivity index (χ0n) is 8.07. The second-order valence-electron chi connectivity index (χ2n) is 2.93. The van der Waals surface area contributed by atoms with E-state index in [2.05, 4.69) is 35.6 Å². The molecule has 0 unspecified atom stereocenters. The number of thioether (sulfide) groups is 1. The molecule has 1 aromatic carbocycles. The van der Waals surface area contributed by atoms with Gasteiger partial charge in [0.2, 0.25) is 0 Å². The van der Waals surface area contributed by atoms with E-state index in [1.165, 1.54) is 17.7 Å². The van der Waals surface area contributed by atoms with Crippen molar-refractivity contribution in [2.24, 2.45) is 0 Å². The van der Waals surface area contributed by atoms with Crippen LogP contribution >= 0.6 is 11.8 Å². The monoisotopic (exact) mass is 194 g/mol. The summed E-state index contributed by atoms with van der Waals surface area (Å²) in [7, 11) is 1.88. The third kappa shape index (κ3) is 4.96. The highest BCUT2D eigenvalue weighted by Crippen LogP contribution is 2.12. The van der Waals surface area contributed by atoms with Crippen molar-refractivity contribution in [3.63, 3.8) is 0 Å². The maximum Gasteiger partial charge on any atom is 0.0184 e. The SMILES string of the molecule is C[N-]CCCSCc1ccccc1. The Morgan fingerprint density at radius 2 is 2.00 bits per heavy atom. The third-order valence-corrected chi connectivity index (χ3v) is 2.90. The van der Waals surface area contributed by atoms with Crippen molar-refractivity contribution in [3.05, 3.63) is 41.2 Å². The van der Waals surface area contributed by atoms with E-state index in [4.69, 9.17) is 0 Å². The van der Waals surface area contributed by atoms with Gasteiger partial charge < -0.3 is 5.32 Å². The molecule has 0 N–H and O–H groups in total. The fraction of sp³-hybridized carbons (Fsp3) is 0.455. The Balaban J connectivity index is 2.07. The van der Waals surface area contributed by atoms with Gasteiger partial charge in [0.25, 0.3) is 0 Å². The first kappa shape index (κ1) is 10.6. The van der Waals surface area contributed by atoms with Gasteiger partial charge in [-0.1, -0.05) is 36.8 Å².